The Balaban J connectivity index is 1.51. The standard InChI is InChI=1S/C19H17Cl3O2/c1-12-19(24-12,18(22)8-9-18)11-13-2-5-16(10-17(13)21)23-15-6-3-14(20)4-7-15/h2-7,10,12H,8-9,11H2,1H3. The SMILES string of the molecule is CC1OC1(Cc1ccc(Oc2ccc(Cl)cc2)cc1Cl)C1(Cl)CC1. The molecule has 1 aliphatic heterocycles. The molecule has 2 nitrogen and oxygen atoms in total. The Morgan fingerprint density at radius 1 is 1.08 bits per heavy atom. The molecule has 0 bridgehead atoms. The van der Waals surface area contributed by atoms with Crippen molar-refractivity contribution in [3.05, 3.63) is 58.1 Å². The molecule has 1 aliphatic carbocycles. The molecule has 0 aromatic heterocycles. The monoisotopic (exact) mass is 382 g/mol. The Labute approximate surface area is 156 Å². The molecule has 0 amide bonds. The van der Waals surface area contributed by atoms with Gasteiger partial charge in [-0.3, -0.25) is 0 Å². The Morgan fingerprint density at radius 2 is 1.71 bits per heavy atom. The van der Waals surface area contributed by atoms with Crippen LogP contribution in [0.25, 0.3) is 0 Å². The Bertz CT molecular complexity index is 771. The normalized spacial score (nSPS) is 26.9. The number of hydrogen-bond donors (Lipinski definition) is 0. The van der Waals surface area contributed by atoms with Crippen molar-refractivity contribution < 1.29 is 9.47 Å². The molecular formula is C19H17Cl3O2. The lowest BCUT2D eigenvalue weighted by Crippen LogP contribution is -2.31. The molecule has 1 heterocycles. The summed E-state index contributed by atoms with van der Waals surface area (Å²) in [5.41, 5.74) is 0.771. The molecule has 1 saturated heterocycles. The van der Waals surface area contributed by atoms with Gasteiger partial charge in [0, 0.05) is 16.5 Å². The van der Waals surface area contributed by atoms with E-state index >= 15 is 0 Å². The number of hydrogen-bond acceptors (Lipinski definition) is 2. The van der Waals surface area contributed by atoms with Crippen molar-refractivity contribution in [2.24, 2.45) is 0 Å². The highest BCUT2D eigenvalue weighted by Gasteiger charge is 2.71. The molecule has 1 saturated carbocycles. The van der Waals surface area contributed by atoms with Gasteiger partial charge in [0.2, 0.25) is 0 Å². The number of alkyl halides is 1. The fourth-order valence-electron chi connectivity index (χ4n) is 3.28. The number of ether oxygens (including phenoxy) is 2. The number of rotatable bonds is 5. The van der Waals surface area contributed by atoms with Crippen LogP contribution in [0.5, 0.6) is 11.5 Å². The molecule has 0 N–H and O–H groups in total. The summed E-state index contributed by atoms with van der Waals surface area (Å²) in [7, 11) is 0. The quantitative estimate of drug-likeness (QED) is 0.449. The van der Waals surface area contributed by atoms with Crippen LogP contribution in [0.15, 0.2) is 42.5 Å². The topological polar surface area (TPSA) is 21.8 Å². The summed E-state index contributed by atoms with van der Waals surface area (Å²) < 4.78 is 11.7. The summed E-state index contributed by atoms with van der Waals surface area (Å²) in [5.74, 6) is 1.41. The zero-order valence-electron chi connectivity index (χ0n) is 13.2. The first kappa shape index (κ1) is 16.5. The summed E-state index contributed by atoms with van der Waals surface area (Å²) in [4.78, 5) is -0.214. The van der Waals surface area contributed by atoms with E-state index in [1.54, 1.807) is 12.1 Å². The largest absolute Gasteiger partial charge is 0.457 e. The first-order valence-corrected chi connectivity index (χ1v) is 9.14. The van der Waals surface area contributed by atoms with Crippen LogP contribution in [0.4, 0.5) is 0 Å². The number of benzene rings is 2. The molecule has 2 aliphatic rings. The van der Waals surface area contributed by atoms with E-state index in [1.165, 1.54) is 0 Å². The van der Waals surface area contributed by atoms with Gasteiger partial charge in [-0.1, -0.05) is 29.3 Å². The first-order valence-electron chi connectivity index (χ1n) is 8.00. The highest BCUT2D eigenvalue weighted by atomic mass is 35.5. The van der Waals surface area contributed by atoms with E-state index in [2.05, 4.69) is 6.92 Å². The van der Waals surface area contributed by atoms with Crippen molar-refractivity contribution in [1.82, 2.24) is 0 Å². The van der Waals surface area contributed by atoms with Crippen LogP contribution in [0.1, 0.15) is 25.3 Å². The molecule has 0 spiro atoms. The van der Waals surface area contributed by atoms with E-state index in [1.807, 2.05) is 30.3 Å². The van der Waals surface area contributed by atoms with E-state index in [0.717, 1.165) is 30.6 Å². The van der Waals surface area contributed by atoms with Crippen molar-refractivity contribution in [2.45, 2.75) is 42.8 Å². The predicted octanol–water partition coefficient (Wildman–Crippen LogP) is 6.26. The fraction of sp³-hybridized carbons (Fsp3) is 0.368. The van der Waals surface area contributed by atoms with Crippen LogP contribution in [-0.4, -0.2) is 16.6 Å². The maximum Gasteiger partial charge on any atom is 0.128 e. The van der Waals surface area contributed by atoms with Crippen LogP contribution in [0.3, 0.4) is 0 Å². The van der Waals surface area contributed by atoms with Crippen molar-refractivity contribution in [3.63, 3.8) is 0 Å². The summed E-state index contributed by atoms with van der Waals surface area (Å²) in [6, 6.07) is 13.0. The Kier molecular flexibility index (Phi) is 4.00. The molecule has 2 aromatic rings. The van der Waals surface area contributed by atoms with Gasteiger partial charge in [0.1, 0.15) is 17.1 Å². The van der Waals surface area contributed by atoms with Crippen LogP contribution < -0.4 is 4.74 Å². The second kappa shape index (κ2) is 5.81. The van der Waals surface area contributed by atoms with Gasteiger partial charge in [-0.05, 0) is 61.7 Å². The van der Waals surface area contributed by atoms with Gasteiger partial charge >= 0.3 is 0 Å². The average Bonchev–Trinajstić information content (AvgIpc) is 3.44. The van der Waals surface area contributed by atoms with Gasteiger partial charge in [0.15, 0.2) is 0 Å². The lowest BCUT2D eigenvalue weighted by Gasteiger charge is -2.19. The summed E-state index contributed by atoms with van der Waals surface area (Å²) in [6.07, 6.45) is 2.93. The van der Waals surface area contributed by atoms with Crippen molar-refractivity contribution in [1.29, 1.82) is 0 Å². The summed E-state index contributed by atoms with van der Waals surface area (Å²) in [5, 5.41) is 1.35. The molecule has 4 rings (SSSR count). The van der Waals surface area contributed by atoms with E-state index < -0.39 is 0 Å². The zero-order chi connectivity index (χ0) is 16.9. The first-order chi connectivity index (χ1) is 11.4. The van der Waals surface area contributed by atoms with Gasteiger partial charge in [-0.2, -0.15) is 0 Å². The van der Waals surface area contributed by atoms with Crippen molar-refractivity contribution >= 4 is 34.8 Å². The van der Waals surface area contributed by atoms with Crippen molar-refractivity contribution in [3.8, 4) is 11.5 Å². The lowest BCUT2D eigenvalue weighted by molar-refractivity contribution is 0.277. The summed E-state index contributed by atoms with van der Waals surface area (Å²) >= 11 is 19.0. The molecule has 2 aromatic carbocycles. The minimum atomic E-state index is -0.267. The van der Waals surface area contributed by atoms with Crippen molar-refractivity contribution in [2.75, 3.05) is 0 Å². The predicted molar refractivity (Wildman–Crippen MR) is 97.8 cm³/mol. The minimum Gasteiger partial charge on any atom is -0.457 e. The van der Waals surface area contributed by atoms with E-state index in [9.17, 15) is 0 Å². The second-order valence-corrected chi connectivity index (χ2v) is 8.17. The summed E-state index contributed by atoms with van der Waals surface area (Å²) in [6.45, 7) is 2.08. The van der Waals surface area contributed by atoms with E-state index in [4.69, 9.17) is 44.3 Å². The highest BCUT2D eigenvalue weighted by molar-refractivity contribution is 6.31. The minimum absolute atomic E-state index is 0.179. The molecule has 2 fully saturated rings. The number of epoxide rings is 1. The maximum absolute atomic E-state index is 6.64. The fourth-order valence-corrected chi connectivity index (χ4v) is 4.01. The lowest BCUT2D eigenvalue weighted by atomic mass is 9.91. The molecule has 24 heavy (non-hydrogen) atoms. The Hall–Kier alpha value is -0.930. The molecule has 5 heteroatoms. The van der Waals surface area contributed by atoms with Crippen LogP contribution in [0, 0.1) is 0 Å². The van der Waals surface area contributed by atoms with E-state index in [-0.39, 0.29) is 16.6 Å². The van der Waals surface area contributed by atoms with Gasteiger partial charge in [-0.15, -0.1) is 11.6 Å². The van der Waals surface area contributed by atoms with Crippen LogP contribution in [0.2, 0.25) is 10.0 Å². The zero-order valence-corrected chi connectivity index (χ0v) is 15.5. The molecule has 2 atom stereocenters. The van der Waals surface area contributed by atoms with Gasteiger partial charge in [0.25, 0.3) is 0 Å². The molecule has 2 unspecified atom stereocenters. The average molecular weight is 384 g/mol. The second-order valence-electron chi connectivity index (χ2n) is 6.60. The third kappa shape index (κ3) is 2.90. The number of halogens is 3. The van der Waals surface area contributed by atoms with Gasteiger partial charge in [-0.25, -0.2) is 0 Å². The maximum atomic E-state index is 6.64. The van der Waals surface area contributed by atoms with E-state index in [0.29, 0.717) is 15.8 Å². The highest BCUT2D eigenvalue weighted by Crippen LogP contribution is 2.63. The smallest absolute Gasteiger partial charge is 0.128 e. The molecule has 0 radical (unpaired) electrons. The van der Waals surface area contributed by atoms with Gasteiger partial charge < -0.3 is 9.47 Å². The van der Waals surface area contributed by atoms with Crippen LogP contribution >= 0.6 is 34.8 Å². The van der Waals surface area contributed by atoms with Gasteiger partial charge in [0.05, 0.1) is 11.0 Å². The Morgan fingerprint density at radius 3 is 2.25 bits per heavy atom. The molecular weight excluding hydrogens is 367 g/mol. The molecule has 126 valence electrons. The van der Waals surface area contributed by atoms with Crippen LogP contribution in [-0.2, 0) is 11.2 Å². The third-order valence-electron chi connectivity index (χ3n) is 4.96. The third-order valence-corrected chi connectivity index (χ3v) is 6.26.